The lowest BCUT2D eigenvalue weighted by Crippen LogP contribution is -2.22. The number of hydrogen-bond acceptors (Lipinski definition) is 4. The number of primary sulfonamides is 1. The van der Waals surface area contributed by atoms with Crippen molar-refractivity contribution >= 4 is 44.0 Å². The minimum absolute atomic E-state index is 0.000907. The Balaban J connectivity index is 1.62. The van der Waals surface area contributed by atoms with Crippen LogP contribution in [0.2, 0.25) is 0 Å². The third-order valence-corrected chi connectivity index (χ3v) is 6.21. The van der Waals surface area contributed by atoms with Crippen LogP contribution >= 0.6 is 0 Å². The van der Waals surface area contributed by atoms with E-state index in [2.05, 4.69) is 0 Å². The van der Waals surface area contributed by atoms with Crippen molar-refractivity contribution in [3.63, 3.8) is 0 Å². The third-order valence-electron chi connectivity index (χ3n) is 4.60. The lowest BCUT2D eigenvalue weighted by molar-refractivity contribution is 0.564. The second-order valence-corrected chi connectivity index (χ2v) is 9.04. The fraction of sp³-hybridized carbons (Fsp3) is 0. The monoisotopic (exact) mass is 454 g/mol. The summed E-state index contributed by atoms with van der Waals surface area (Å²) in [4.78, 5) is -0.248. The van der Waals surface area contributed by atoms with Crippen molar-refractivity contribution in [3.8, 4) is 11.3 Å². The average molecular weight is 455 g/mol. The number of para-hydroxylation sites is 2. The standard InChI is InChI=1S/C22H18N2O5S2/c23-31(27,28)22-8-4-2-6-19(22)24(30(25)26)14-13-16-9-11-17(12-10-16)21-15-18-5-1-3-7-20(18)29-21/h1-15H,(H,25,26)(H2,23,27,28). The Morgan fingerprint density at radius 2 is 1.65 bits per heavy atom. The predicted molar refractivity (Wildman–Crippen MR) is 122 cm³/mol. The van der Waals surface area contributed by atoms with E-state index < -0.39 is 21.3 Å². The normalized spacial score (nSPS) is 13.0. The van der Waals surface area contributed by atoms with Gasteiger partial charge in [0.1, 0.15) is 16.2 Å². The molecular formula is C22H18N2O5S2. The minimum atomic E-state index is -4.07. The highest BCUT2D eigenvalue weighted by atomic mass is 32.2. The van der Waals surface area contributed by atoms with Crippen molar-refractivity contribution in [1.82, 2.24) is 0 Å². The Morgan fingerprint density at radius 1 is 0.968 bits per heavy atom. The summed E-state index contributed by atoms with van der Waals surface area (Å²) >= 11 is -2.50. The molecular weight excluding hydrogens is 436 g/mol. The Kier molecular flexibility index (Phi) is 5.75. The molecule has 0 aliphatic carbocycles. The molecule has 0 spiro atoms. The van der Waals surface area contributed by atoms with Crippen LogP contribution in [0.25, 0.3) is 28.4 Å². The fourth-order valence-corrected chi connectivity index (χ4v) is 4.41. The summed E-state index contributed by atoms with van der Waals surface area (Å²) in [5.74, 6) is 0.733. The van der Waals surface area contributed by atoms with Crippen LogP contribution in [0.1, 0.15) is 5.56 Å². The quantitative estimate of drug-likeness (QED) is 0.420. The molecule has 1 atom stereocenters. The van der Waals surface area contributed by atoms with E-state index in [1.165, 1.54) is 24.4 Å². The van der Waals surface area contributed by atoms with Gasteiger partial charge in [-0.2, -0.15) is 0 Å². The molecule has 9 heteroatoms. The molecule has 1 heterocycles. The summed E-state index contributed by atoms with van der Waals surface area (Å²) in [5.41, 5.74) is 2.43. The van der Waals surface area contributed by atoms with Crippen molar-refractivity contribution < 1.29 is 21.6 Å². The van der Waals surface area contributed by atoms with Crippen LogP contribution in [-0.2, 0) is 21.3 Å². The number of anilines is 1. The van der Waals surface area contributed by atoms with E-state index in [-0.39, 0.29) is 10.6 Å². The summed E-state index contributed by atoms with van der Waals surface area (Å²) in [6.07, 6.45) is 2.92. The second kappa shape index (κ2) is 8.48. The molecule has 0 fully saturated rings. The molecule has 1 unspecified atom stereocenters. The smallest absolute Gasteiger partial charge is 0.266 e. The first-order valence-corrected chi connectivity index (χ1v) is 11.7. The van der Waals surface area contributed by atoms with E-state index in [1.54, 1.807) is 12.1 Å². The molecule has 31 heavy (non-hydrogen) atoms. The zero-order valence-electron chi connectivity index (χ0n) is 16.1. The number of nitrogens with two attached hydrogens (primary N) is 1. The summed E-state index contributed by atoms with van der Waals surface area (Å²) in [6.45, 7) is 0. The first kappa shape index (κ1) is 21.0. The van der Waals surface area contributed by atoms with E-state index in [9.17, 15) is 17.2 Å². The number of furan rings is 1. The van der Waals surface area contributed by atoms with Crippen LogP contribution in [0.15, 0.2) is 94.4 Å². The van der Waals surface area contributed by atoms with Gasteiger partial charge in [0.2, 0.25) is 10.0 Å². The van der Waals surface area contributed by atoms with Crippen LogP contribution < -0.4 is 9.44 Å². The van der Waals surface area contributed by atoms with Gasteiger partial charge in [0.05, 0.1) is 5.69 Å². The Morgan fingerprint density at radius 3 is 2.32 bits per heavy atom. The van der Waals surface area contributed by atoms with Crippen molar-refractivity contribution in [2.24, 2.45) is 5.14 Å². The molecule has 0 radical (unpaired) electrons. The maximum atomic E-state index is 11.9. The largest absolute Gasteiger partial charge is 0.456 e. The van der Waals surface area contributed by atoms with Crippen LogP contribution in [-0.4, -0.2) is 17.2 Å². The van der Waals surface area contributed by atoms with E-state index in [1.807, 2.05) is 54.6 Å². The SMILES string of the molecule is NS(=O)(=O)c1ccccc1N(C=Cc1ccc(-c2cc3ccccc3o2)cc1)S(=O)O. The molecule has 0 saturated carbocycles. The zero-order chi connectivity index (χ0) is 22.0. The summed E-state index contributed by atoms with van der Waals surface area (Å²) in [5, 5.41) is 6.24. The molecule has 3 N–H and O–H groups in total. The van der Waals surface area contributed by atoms with Crippen LogP contribution in [0.5, 0.6) is 0 Å². The summed E-state index contributed by atoms with van der Waals surface area (Å²) in [7, 11) is -4.07. The molecule has 4 aromatic rings. The van der Waals surface area contributed by atoms with Gasteiger partial charge in [-0.25, -0.2) is 22.1 Å². The molecule has 4 rings (SSSR count). The Labute approximate surface area is 181 Å². The lowest BCUT2D eigenvalue weighted by atomic mass is 10.1. The molecule has 0 saturated heterocycles. The van der Waals surface area contributed by atoms with Gasteiger partial charge in [0.25, 0.3) is 11.3 Å². The van der Waals surface area contributed by atoms with Crippen molar-refractivity contribution in [3.05, 3.63) is 90.6 Å². The number of hydrogen-bond donors (Lipinski definition) is 2. The number of benzene rings is 3. The molecule has 3 aromatic carbocycles. The molecule has 1 aromatic heterocycles. The van der Waals surface area contributed by atoms with Crippen molar-refractivity contribution in [2.45, 2.75) is 4.90 Å². The van der Waals surface area contributed by atoms with E-state index >= 15 is 0 Å². The molecule has 158 valence electrons. The van der Waals surface area contributed by atoms with E-state index in [0.29, 0.717) is 0 Å². The summed E-state index contributed by atoms with van der Waals surface area (Å²) < 4.78 is 52.0. The number of sulfonamides is 1. The van der Waals surface area contributed by atoms with Crippen molar-refractivity contribution in [2.75, 3.05) is 4.31 Å². The molecule has 0 amide bonds. The number of fused-ring (bicyclic) bond motifs is 1. The lowest BCUT2D eigenvalue weighted by Gasteiger charge is -2.18. The zero-order valence-corrected chi connectivity index (χ0v) is 17.7. The van der Waals surface area contributed by atoms with Gasteiger partial charge in [-0.15, -0.1) is 0 Å². The van der Waals surface area contributed by atoms with Crippen molar-refractivity contribution in [1.29, 1.82) is 0 Å². The molecule has 7 nitrogen and oxygen atoms in total. The van der Waals surface area contributed by atoms with E-state index in [4.69, 9.17) is 9.56 Å². The Bertz CT molecular complexity index is 1360. The first-order chi connectivity index (χ1) is 14.8. The third kappa shape index (κ3) is 4.59. The first-order valence-electron chi connectivity index (χ1n) is 9.12. The molecule has 0 bridgehead atoms. The summed E-state index contributed by atoms with van der Waals surface area (Å²) in [6, 6.07) is 22.8. The maximum absolute atomic E-state index is 11.9. The van der Waals surface area contributed by atoms with Crippen LogP contribution in [0.4, 0.5) is 5.69 Å². The van der Waals surface area contributed by atoms with Gasteiger partial charge in [-0.3, -0.25) is 4.55 Å². The average Bonchev–Trinajstić information content (AvgIpc) is 3.18. The minimum Gasteiger partial charge on any atom is -0.456 e. The highest BCUT2D eigenvalue weighted by molar-refractivity contribution is 7.89. The maximum Gasteiger partial charge on any atom is 0.266 e. The van der Waals surface area contributed by atoms with E-state index in [0.717, 1.165) is 32.2 Å². The van der Waals surface area contributed by atoms with Crippen LogP contribution in [0.3, 0.4) is 0 Å². The molecule has 0 aliphatic rings. The van der Waals surface area contributed by atoms with Gasteiger partial charge >= 0.3 is 0 Å². The second-order valence-electron chi connectivity index (χ2n) is 6.66. The highest BCUT2D eigenvalue weighted by Gasteiger charge is 2.20. The van der Waals surface area contributed by atoms with Gasteiger partial charge in [0, 0.05) is 17.1 Å². The highest BCUT2D eigenvalue weighted by Crippen LogP contribution is 2.29. The Hall–Kier alpha value is -3.24. The van der Waals surface area contributed by atoms with Gasteiger partial charge in [0.15, 0.2) is 0 Å². The van der Waals surface area contributed by atoms with Gasteiger partial charge in [-0.1, -0.05) is 54.6 Å². The number of rotatable bonds is 6. The predicted octanol–water partition coefficient (Wildman–Crippen LogP) is 4.36. The number of nitrogens with zero attached hydrogens (tertiary/aromatic N) is 1. The molecule has 0 aliphatic heterocycles. The van der Waals surface area contributed by atoms with Gasteiger partial charge < -0.3 is 4.42 Å². The van der Waals surface area contributed by atoms with Crippen LogP contribution in [0, 0.1) is 0 Å². The topological polar surface area (TPSA) is 114 Å². The fourth-order valence-electron chi connectivity index (χ4n) is 3.13. The van der Waals surface area contributed by atoms with Gasteiger partial charge in [-0.05, 0) is 35.9 Å².